The Morgan fingerprint density at radius 2 is 1.71 bits per heavy atom. The molecule has 1 spiro atoms. The highest BCUT2D eigenvalue weighted by Crippen LogP contribution is 2.51. The maximum absolute atomic E-state index is 14.0. The second kappa shape index (κ2) is 9.85. The summed E-state index contributed by atoms with van der Waals surface area (Å²) in [5.74, 6) is -1.37. The van der Waals surface area contributed by atoms with Crippen LogP contribution in [0.25, 0.3) is 0 Å². The van der Waals surface area contributed by atoms with Crippen LogP contribution in [0.15, 0.2) is 11.3 Å². The zero-order chi connectivity index (χ0) is 26.9. The van der Waals surface area contributed by atoms with E-state index in [9.17, 15) is 19.2 Å². The smallest absolute Gasteiger partial charge is 0.425 e. The van der Waals surface area contributed by atoms with E-state index in [1.54, 1.807) is 25.7 Å². The number of nitrogens with one attached hydrogen (secondary N) is 3. The van der Waals surface area contributed by atoms with Crippen LogP contribution in [-0.4, -0.2) is 88.6 Å². The van der Waals surface area contributed by atoms with Crippen molar-refractivity contribution in [2.45, 2.75) is 64.8 Å². The fourth-order valence-electron chi connectivity index (χ4n) is 4.44. The highest BCUT2D eigenvalue weighted by molar-refractivity contribution is 7.80. The maximum atomic E-state index is 14.0. The Bertz CT molecular complexity index is 964. The van der Waals surface area contributed by atoms with E-state index in [-0.39, 0.29) is 22.9 Å². The van der Waals surface area contributed by atoms with Crippen molar-refractivity contribution in [2.75, 3.05) is 27.8 Å². The minimum Gasteiger partial charge on any atom is -0.466 e. The van der Waals surface area contributed by atoms with Crippen LogP contribution in [0, 0.1) is 0 Å². The van der Waals surface area contributed by atoms with Gasteiger partial charge in [0.05, 0.1) is 19.8 Å². The number of likely N-dealkylation sites (N-methyl/N-ethyl adjacent to an activating group) is 1. The lowest BCUT2D eigenvalue weighted by Crippen LogP contribution is -2.78. The number of carbonyl (C=O) groups is 4. The van der Waals surface area contributed by atoms with Gasteiger partial charge in [0.1, 0.15) is 5.60 Å². The normalized spacial score (nSPS) is 24.3. The van der Waals surface area contributed by atoms with Crippen molar-refractivity contribution < 1.29 is 33.4 Å². The van der Waals surface area contributed by atoms with Crippen LogP contribution in [0.1, 0.15) is 48.0 Å². The summed E-state index contributed by atoms with van der Waals surface area (Å²) >= 11 is 5.57. The summed E-state index contributed by atoms with van der Waals surface area (Å²) in [6.45, 7) is 10.3. The number of thiocarbonyl (C=S) groups is 1. The number of esters is 1. The number of nitrogens with zero attached hydrogens (tertiary/aromatic N) is 3. The number of amides is 3. The summed E-state index contributed by atoms with van der Waals surface area (Å²) < 4.78 is 15.1. The molecule has 2 unspecified atom stereocenters. The average molecular weight is 515 g/mol. The molecule has 2 aliphatic heterocycles. The first-order valence-electron chi connectivity index (χ1n) is 10.9. The average Bonchev–Trinajstić information content (AvgIpc) is 3.08. The number of hydrazine groups is 2. The zero-order valence-corrected chi connectivity index (χ0v) is 22.3. The number of methoxy groups -OCH3 is 2. The fourth-order valence-corrected chi connectivity index (χ4v) is 4.75. The Balaban J connectivity index is 2.80. The second-order valence-electron chi connectivity index (χ2n) is 9.22. The molecule has 0 saturated carbocycles. The van der Waals surface area contributed by atoms with Gasteiger partial charge < -0.3 is 19.1 Å². The molecular formula is C21H34N6O7S. The zero-order valence-electron chi connectivity index (χ0n) is 21.5. The lowest BCUT2D eigenvalue weighted by molar-refractivity contribution is -0.145. The van der Waals surface area contributed by atoms with E-state index in [2.05, 4.69) is 16.3 Å². The molecule has 0 aliphatic carbocycles. The maximum Gasteiger partial charge on any atom is 0.425 e. The van der Waals surface area contributed by atoms with Gasteiger partial charge in [-0.05, 0) is 53.3 Å². The molecule has 1 saturated heterocycles. The second-order valence-corrected chi connectivity index (χ2v) is 9.59. The molecule has 1 fully saturated rings. The Labute approximate surface area is 210 Å². The van der Waals surface area contributed by atoms with Crippen molar-refractivity contribution in [3.63, 3.8) is 0 Å². The fraction of sp³-hybridized carbons (Fsp3) is 0.667. The molecule has 35 heavy (non-hydrogen) atoms. The molecule has 2 aliphatic rings. The first kappa shape index (κ1) is 28.1. The molecule has 196 valence electrons. The van der Waals surface area contributed by atoms with Crippen molar-refractivity contribution in [3.05, 3.63) is 11.3 Å². The number of rotatable bonds is 6. The standard InChI is InChI=1S/C21H34N6O7S/c1-10-11-26-18(35)25(7)15(29)21(26)13(14(28)32-8)12(2)27(23-17(31)33-9)20(21,6)24-22-16(30)34-19(3,4)5/h24H,10-11H2,1-9H3,(H,22,30)(H,23,31). The molecule has 0 aromatic heterocycles. The Morgan fingerprint density at radius 1 is 1.11 bits per heavy atom. The number of allylic oxidation sites excluding steroid dienone is 1. The number of hydrogen-bond acceptors (Lipinski definition) is 10. The van der Waals surface area contributed by atoms with E-state index in [1.165, 1.54) is 37.9 Å². The van der Waals surface area contributed by atoms with E-state index in [0.717, 1.165) is 7.11 Å². The highest BCUT2D eigenvalue weighted by Gasteiger charge is 2.74. The van der Waals surface area contributed by atoms with Gasteiger partial charge >= 0.3 is 18.2 Å². The quantitative estimate of drug-likeness (QED) is 0.202. The Kier molecular flexibility index (Phi) is 7.91. The van der Waals surface area contributed by atoms with Crippen LogP contribution in [0.5, 0.6) is 0 Å². The summed E-state index contributed by atoms with van der Waals surface area (Å²) in [6, 6.07) is 0. The van der Waals surface area contributed by atoms with Crippen LogP contribution in [0.4, 0.5) is 9.59 Å². The third-order valence-electron chi connectivity index (χ3n) is 5.78. The molecule has 0 aromatic carbocycles. The lowest BCUT2D eigenvalue weighted by atomic mass is 9.79. The van der Waals surface area contributed by atoms with E-state index < -0.39 is 40.9 Å². The van der Waals surface area contributed by atoms with Gasteiger partial charge in [-0.25, -0.2) is 25.2 Å². The largest absolute Gasteiger partial charge is 0.466 e. The van der Waals surface area contributed by atoms with Crippen molar-refractivity contribution in [1.82, 2.24) is 31.1 Å². The predicted molar refractivity (Wildman–Crippen MR) is 128 cm³/mol. The summed E-state index contributed by atoms with van der Waals surface area (Å²) in [5, 5.41) is 1.40. The van der Waals surface area contributed by atoms with Gasteiger partial charge in [-0.15, -0.1) is 0 Å². The van der Waals surface area contributed by atoms with E-state index in [4.69, 9.17) is 26.4 Å². The first-order chi connectivity index (χ1) is 16.1. The minimum atomic E-state index is -1.85. The van der Waals surface area contributed by atoms with E-state index in [0.29, 0.717) is 6.42 Å². The van der Waals surface area contributed by atoms with Crippen LogP contribution in [0.3, 0.4) is 0 Å². The molecule has 2 rings (SSSR count). The predicted octanol–water partition coefficient (Wildman–Crippen LogP) is 0.973. The topological polar surface area (TPSA) is 142 Å². The summed E-state index contributed by atoms with van der Waals surface area (Å²) in [4.78, 5) is 54.9. The van der Waals surface area contributed by atoms with Gasteiger partial charge in [0.25, 0.3) is 5.91 Å². The van der Waals surface area contributed by atoms with Crippen LogP contribution in [0.2, 0.25) is 0 Å². The van der Waals surface area contributed by atoms with Crippen LogP contribution < -0.4 is 16.3 Å². The SMILES string of the molecule is CCCN1C(=S)N(C)C(=O)C12C(C(=O)OC)=C(C)N(NC(=O)OC)C2(C)NNC(=O)OC(C)(C)C. The molecule has 13 nitrogen and oxygen atoms in total. The van der Waals surface area contributed by atoms with Gasteiger partial charge in [-0.2, -0.15) is 0 Å². The minimum absolute atomic E-state index is 0.0671. The molecule has 0 bridgehead atoms. The molecule has 2 atom stereocenters. The molecular weight excluding hydrogens is 480 g/mol. The molecule has 0 aromatic rings. The van der Waals surface area contributed by atoms with Crippen LogP contribution >= 0.6 is 12.2 Å². The lowest BCUT2D eigenvalue weighted by Gasteiger charge is -2.49. The van der Waals surface area contributed by atoms with Crippen molar-refractivity contribution in [3.8, 4) is 0 Å². The van der Waals surface area contributed by atoms with Gasteiger partial charge in [0.2, 0.25) is 0 Å². The molecule has 0 radical (unpaired) electrons. The van der Waals surface area contributed by atoms with Gasteiger partial charge in [0.15, 0.2) is 16.3 Å². The van der Waals surface area contributed by atoms with Crippen molar-refractivity contribution >= 4 is 41.4 Å². The molecule has 2 heterocycles. The monoisotopic (exact) mass is 514 g/mol. The third-order valence-corrected chi connectivity index (χ3v) is 6.27. The van der Waals surface area contributed by atoms with Crippen molar-refractivity contribution in [2.24, 2.45) is 0 Å². The number of hydrogen-bond donors (Lipinski definition) is 3. The number of carbonyl (C=O) groups excluding carboxylic acids is 4. The molecule has 14 heteroatoms. The summed E-state index contributed by atoms with van der Waals surface area (Å²) in [6.07, 6.45) is -1.16. The van der Waals surface area contributed by atoms with E-state index in [1.807, 2.05) is 6.92 Å². The highest BCUT2D eigenvalue weighted by atomic mass is 32.1. The van der Waals surface area contributed by atoms with E-state index >= 15 is 0 Å². The van der Waals surface area contributed by atoms with Crippen molar-refractivity contribution in [1.29, 1.82) is 0 Å². The summed E-state index contributed by atoms with van der Waals surface area (Å²) in [5.41, 5.74) is 3.53. The number of ether oxygens (including phenoxy) is 3. The van der Waals surface area contributed by atoms with Crippen LogP contribution in [-0.2, 0) is 23.8 Å². The third kappa shape index (κ3) is 4.47. The Morgan fingerprint density at radius 3 is 2.20 bits per heavy atom. The van der Waals surface area contributed by atoms with Gasteiger partial charge in [-0.1, -0.05) is 6.92 Å². The molecule has 3 N–H and O–H groups in total. The van der Waals surface area contributed by atoms with Gasteiger partial charge in [0, 0.05) is 19.3 Å². The molecule has 3 amide bonds. The van der Waals surface area contributed by atoms with Gasteiger partial charge in [-0.3, -0.25) is 20.1 Å². The Hall–Kier alpha value is -3.13. The first-order valence-corrected chi connectivity index (χ1v) is 11.3. The summed E-state index contributed by atoms with van der Waals surface area (Å²) in [7, 11) is 3.84.